The van der Waals surface area contributed by atoms with Gasteiger partial charge in [0.25, 0.3) is 10.1 Å². The second-order valence-corrected chi connectivity index (χ2v) is 10.4. The number of hydrogen-bond acceptors (Lipinski definition) is 3. The Morgan fingerprint density at radius 1 is 1.26 bits per heavy atom. The molecule has 2 fully saturated rings. The predicted octanol–water partition coefficient (Wildman–Crippen LogP) is 5.89. The summed E-state index contributed by atoms with van der Waals surface area (Å²) < 4.78 is 30.1. The molecule has 1 aromatic carbocycles. The zero-order chi connectivity index (χ0) is 19.7. The summed E-state index contributed by atoms with van der Waals surface area (Å²) in [4.78, 5) is 0.234. The third-order valence-corrected chi connectivity index (χ3v) is 8.54. The first-order valence-electron chi connectivity index (χ1n) is 10.4. The Labute approximate surface area is 165 Å². The molecular formula is C23H34O3S. The molecule has 1 aromatic rings. The van der Waals surface area contributed by atoms with Crippen molar-refractivity contribution < 1.29 is 12.6 Å². The highest BCUT2D eigenvalue weighted by Crippen LogP contribution is 2.59. The second kappa shape index (κ2) is 8.08. The molecule has 3 rings (SSSR count). The summed E-state index contributed by atoms with van der Waals surface area (Å²) in [6.45, 7) is 9.25. The van der Waals surface area contributed by atoms with Crippen molar-refractivity contribution in [2.24, 2.45) is 23.2 Å². The molecule has 2 aliphatic carbocycles. The van der Waals surface area contributed by atoms with Crippen LogP contribution in [0.4, 0.5) is 0 Å². The van der Waals surface area contributed by atoms with Crippen LogP contribution in [0.25, 0.3) is 0 Å². The van der Waals surface area contributed by atoms with E-state index in [1.54, 1.807) is 24.3 Å². The first kappa shape index (κ1) is 20.6. The number of rotatable bonds is 6. The first-order chi connectivity index (χ1) is 12.8. The van der Waals surface area contributed by atoms with Crippen molar-refractivity contribution in [3.8, 4) is 0 Å². The van der Waals surface area contributed by atoms with Crippen molar-refractivity contribution in [3.05, 3.63) is 41.5 Å². The van der Waals surface area contributed by atoms with Gasteiger partial charge in [0.15, 0.2) is 0 Å². The van der Waals surface area contributed by atoms with E-state index >= 15 is 0 Å². The minimum absolute atomic E-state index is 0.145. The summed E-state index contributed by atoms with van der Waals surface area (Å²) in [6, 6.07) is 6.83. The number of benzene rings is 1. The van der Waals surface area contributed by atoms with Crippen LogP contribution in [0.2, 0.25) is 0 Å². The first-order valence-corrected chi connectivity index (χ1v) is 11.8. The molecule has 0 saturated heterocycles. The molecule has 150 valence electrons. The largest absolute Gasteiger partial charge is 0.297 e. The number of aryl methyl sites for hydroxylation is 1. The number of fused-ring (bicyclic) bond motifs is 1. The van der Waals surface area contributed by atoms with Crippen LogP contribution in [0.3, 0.4) is 0 Å². The van der Waals surface area contributed by atoms with Gasteiger partial charge in [-0.05, 0) is 74.3 Å². The number of allylic oxidation sites excluding steroid dienone is 1. The minimum Gasteiger partial charge on any atom is -0.262 e. The zero-order valence-electron chi connectivity index (χ0n) is 17.2. The maximum Gasteiger partial charge on any atom is 0.297 e. The van der Waals surface area contributed by atoms with E-state index in [1.807, 2.05) is 6.92 Å². The van der Waals surface area contributed by atoms with Gasteiger partial charge in [-0.15, -0.1) is 0 Å². The lowest BCUT2D eigenvalue weighted by Crippen LogP contribution is -2.36. The molecule has 0 radical (unpaired) electrons. The van der Waals surface area contributed by atoms with Gasteiger partial charge >= 0.3 is 0 Å². The molecule has 3 nitrogen and oxygen atoms in total. The SMILES string of the molecule is CC[C@H](C)[C@H]1CC[C@H]2/C(=C/COS(=O)(=O)c3ccc(C)cc3)CCC[C@]12C. The Morgan fingerprint density at radius 3 is 2.63 bits per heavy atom. The predicted molar refractivity (Wildman–Crippen MR) is 110 cm³/mol. The lowest BCUT2D eigenvalue weighted by Gasteiger charge is -2.44. The van der Waals surface area contributed by atoms with Crippen LogP contribution in [-0.4, -0.2) is 15.0 Å². The van der Waals surface area contributed by atoms with Crippen molar-refractivity contribution in [1.82, 2.24) is 0 Å². The van der Waals surface area contributed by atoms with E-state index in [-0.39, 0.29) is 11.5 Å². The fourth-order valence-electron chi connectivity index (χ4n) is 5.55. The molecule has 0 spiro atoms. The van der Waals surface area contributed by atoms with Crippen molar-refractivity contribution in [1.29, 1.82) is 0 Å². The van der Waals surface area contributed by atoms with Gasteiger partial charge in [-0.25, -0.2) is 0 Å². The van der Waals surface area contributed by atoms with Crippen molar-refractivity contribution in [2.75, 3.05) is 6.61 Å². The van der Waals surface area contributed by atoms with Crippen LogP contribution in [-0.2, 0) is 14.3 Å². The molecule has 0 bridgehead atoms. The molecule has 0 amide bonds. The highest BCUT2D eigenvalue weighted by Gasteiger charge is 2.50. The van der Waals surface area contributed by atoms with Crippen molar-refractivity contribution in [2.45, 2.75) is 71.1 Å². The van der Waals surface area contributed by atoms with Crippen LogP contribution in [0, 0.1) is 30.1 Å². The number of hydrogen-bond donors (Lipinski definition) is 0. The fraction of sp³-hybridized carbons (Fsp3) is 0.652. The van der Waals surface area contributed by atoms with Crippen LogP contribution in [0.1, 0.15) is 64.9 Å². The molecule has 0 aromatic heterocycles. The molecular weight excluding hydrogens is 356 g/mol. The summed E-state index contributed by atoms with van der Waals surface area (Å²) in [6.07, 6.45) is 9.43. The van der Waals surface area contributed by atoms with E-state index in [0.29, 0.717) is 11.3 Å². The van der Waals surface area contributed by atoms with Gasteiger partial charge in [-0.1, -0.05) is 56.5 Å². The Balaban J connectivity index is 1.70. The Morgan fingerprint density at radius 2 is 1.96 bits per heavy atom. The van der Waals surface area contributed by atoms with Crippen molar-refractivity contribution in [3.63, 3.8) is 0 Å². The third-order valence-electron chi connectivity index (χ3n) is 7.25. The van der Waals surface area contributed by atoms with Gasteiger partial charge in [-0.2, -0.15) is 8.42 Å². The highest BCUT2D eigenvalue weighted by molar-refractivity contribution is 7.86. The molecule has 2 saturated carbocycles. The molecule has 0 unspecified atom stereocenters. The normalized spacial score (nSPS) is 31.0. The van der Waals surface area contributed by atoms with Crippen LogP contribution < -0.4 is 0 Å². The van der Waals surface area contributed by atoms with Gasteiger partial charge in [0.2, 0.25) is 0 Å². The molecule has 4 atom stereocenters. The molecule has 0 N–H and O–H groups in total. The van der Waals surface area contributed by atoms with Gasteiger partial charge in [0, 0.05) is 0 Å². The average Bonchev–Trinajstić information content (AvgIpc) is 2.99. The lowest BCUT2D eigenvalue weighted by atomic mass is 9.61. The summed E-state index contributed by atoms with van der Waals surface area (Å²) >= 11 is 0. The van der Waals surface area contributed by atoms with E-state index in [9.17, 15) is 8.42 Å². The van der Waals surface area contributed by atoms with Crippen molar-refractivity contribution >= 4 is 10.1 Å². The topological polar surface area (TPSA) is 43.4 Å². The van der Waals surface area contributed by atoms with Crippen LogP contribution in [0.15, 0.2) is 40.8 Å². The second-order valence-electron chi connectivity index (χ2n) is 8.81. The van der Waals surface area contributed by atoms with E-state index in [4.69, 9.17) is 4.18 Å². The van der Waals surface area contributed by atoms with Gasteiger partial charge in [0.05, 0.1) is 11.5 Å². The smallest absolute Gasteiger partial charge is 0.262 e. The van der Waals surface area contributed by atoms with E-state index in [0.717, 1.165) is 23.8 Å². The lowest BCUT2D eigenvalue weighted by molar-refractivity contribution is 0.0956. The van der Waals surface area contributed by atoms with E-state index in [1.165, 1.54) is 37.7 Å². The standard InChI is InChI=1S/C23H34O3S/c1-5-18(3)21-12-13-22-19(7-6-15-23(21,22)4)14-16-26-27(24,25)20-10-8-17(2)9-11-20/h8-11,14,18,21-22H,5-7,12-13,15-16H2,1-4H3/b19-14+/t18-,21+,22-,23+/m0/s1. The quantitative estimate of drug-likeness (QED) is 0.449. The summed E-state index contributed by atoms with van der Waals surface area (Å²) in [5.74, 6) is 2.14. The fourth-order valence-corrected chi connectivity index (χ4v) is 6.40. The summed E-state index contributed by atoms with van der Waals surface area (Å²) in [5.41, 5.74) is 2.83. The monoisotopic (exact) mass is 390 g/mol. The molecule has 0 aliphatic heterocycles. The maximum absolute atomic E-state index is 12.4. The van der Waals surface area contributed by atoms with Crippen LogP contribution >= 0.6 is 0 Å². The van der Waals surface area contributed by atoms with E-state index < -0.39 is 10.1 Å². The Hall–Kier alpha value is -1.13. The van der Waals surface area contributed by atoms with Gasteiger partial charge in [-0.3, -0.25) is 4.18 Å². The third kappa shape index (κ3) is 4.17. The van der Waals surface area contributed by atoms with Gasteiger partial charge < -0.3 is 0 Å². The Bertz CT molecular complexity index is 778. The zero-order valence-corrected chi connectivity index (χ0v) is 18.0. The molecule has 0 heterocycles. The minimum atomic E-state index is -3.69. The highest BCUT2D eigenvalue weighted by atomic mass is 32.2. The molecule has 27 heavy (non-hydrogen) atoms. The van der Waals surface area contributed by atoms with Crippen LogP contribution in [0.5, 0.6) is 0 Å². The Kier molecular flexibility index (Phi) is 6.17. The van der Waals surface area contributed by atoms with Gasteiger partial charge in [0.1, 0.15) is 0 Å². The average molecular weight is 391 g/mol. The summed E-state index contributed by atoms with van der Waals surface area (Å²) in [7, 11) is -3.69. The summed E-state index contributed by atoms with van der Waals surface area (Å²) in [5, 5.41) is 0. The maximum atomic E-state index is 12.4. The molecule has 2 aliphatic rings. The molecule has 4 heteroatoms. The van der Waals surface area contributed by atoms with E-state index in [2.05, 4.69) is 26.8 Å².